The number of hydrogen-bond acceptors (Lipinski definition) is 7. The van der Waals surface area contributed by atoms with Gasteiger partial charge in [-0.25, -0.2) is 0 Å². The van der Waals surface area contributed by atoms with Crippen LogP contribution in [0.5, 0.6) is 5.75 Å². The second kappa shape index (κ2) is 11.5. The minimum atomic E-state index is 0.390. The van der Waals surface area contributed by atoms with Gasteiger partial charge in [-0.05, 0) is 109 Å². The van der Waals surface area contributed by atoms with Crippen molar-refractivity contribution in [1.82, 2.24) is 15.4 Å². The lowest BCUT2D eigenvalue weighted by Crippen LogP contribution is -2.33. The average Bonchev–Trinajstić information content (AvgIpc) is 3.41. The molecule has 1 aromatic carbocycles. The molecule has 1 saturated heterocycles. The van der Waals surface area contributed by atoms with Crippen molar-refractivity contribution in [3.05, 3.63) is 47.0 Å². The number of rotatable bonds is 8. The molecule has 7 heteroatoms. The van der Waals surface area contributed by atoms with Gasteiger partial charge in [-0.15, -0.1) is 0 Å². The maximum absolute atomic E-state index is 8.89. The molecule has 2 fully saturated rings. The zero-order valence-corrected chi connectivity index (χ0v) is 20.6. The highest BCUT2D eigenvalue weighted by molar-refractivity contribution is 5.84. The van der Waals surface area contributed by atoms with Gasteiger partial charge in [0.15, 0.2) is 5.58 Å². The van der Waals surface area contributed by atoms with E-state index in [2.05, 4.69) is 34.4 Å². The molecule has 3 aromatic rings. The first-order chi connectivity index (χ1) is 16.6. The van der Waals surface area contributed by atoms with Crippen LogP contribution in [0.2, 0.25) is 0 Å². The number of benzene rings is 1. The van der Waals surface area contributed by atoms with E-state index in [4.69, 9.17) is 18.9 Å². The van der Waals surface area contributed by atoms with Crippen molar-refractivity contribution < 1.29 is 13.7 Å². The van der Waals surface area contributed by atoms with Gasteiger partial charge >= 0.3 is 0 Å². The van der Waals surface area contributed by atoms with Gasteiger partial charge in [-0.3, -0.25) is 4.90 Å². The maximum atomic E-state index is 8.89. The van der Waals surface area contributed by atoms with Crippen molar-refractivity contribution in [2.75, 3.05) is 33.8 Å². The summed E-state index contributed by atoms with van der Waals surface area (Å²) in [7, 11) is 3.75. The molecule has 2 aromatic heterocycles. The Labute approximate surface area is 202 Å². The quantitative estimate of drug-likeness (QED) is 0.498. The van der Waals surface area contributed by atoms with Crippen LogP contribution in [0, 0.1) is 30.1 Å². The van der Waals surface area contributed by atoms with E-state index >= 15 is 0 Å². The zero-order valence-electron chi connectivity index (χ0n) is 20.6. The average molecular weight is 465 g/mol. The molecule has 3 heterocycles. The van der Waals surface area contributed by atoms with E-state index in [-0.39, 0.29) is 0 Å². The normalized spacial score (nSPS) is 16.8. The lowest BCUT2D eigenvalue weighted by atomic mass is 9.91. The summed E-state index contributed by atoms with van der Waals surface area (Å²) in [5, 5.41) is 17.2. The summed E-state index contributed by atoms with van der Waals surface area (Å²) in [5.74, 6) is 3.63. The highest BCUT2D eigenvalue weighted by Gasteiger charge is 2.24. The second-order valence-corrected chi connectivity index (χ2v) is 9.58. The van der Waals surface area contributed by atoms with Crippen molar-refractivity contribution in [1.29, 1.82) is 5.26 Å². The summed E-state index contributed by atoms with van der Waals surface area (Å²) in [6, 6.07) is 9.88. The van der Waals surface area contributed by atoms with E-state index in [1.807, 2.05) is 26.2 Å². The molecule has 0 atom stereocenters. The van der Waals surface area contributed by atoms with E-state index < -0.39 is 0 Å². The predicted molar refractivity (Wildman–Crippen MR) is 132 cm³/mol. The van der Waals surface area contributed by atoms with Crippen molar-refractivity contribution in [3.8, 4) is 11.8 Å². The van der Waals surface area contributed by atoms with Crippen LogP contribution in [0.25, 0.3) is 11.0 Å². The van der Waals surface area contributed by atoms with E-state index in [0.717, 1.165) is 78.7 Å². The smallest absolute Gasteiger partial charge is 0.203 e. The molecule has 1 aliphatic carbocycles. The number of nitrogens with one attached hydrogen (secondary N) is 1. The number of nitrogens with zero attached hydrogens (tertiary/aromatic N) is 3. The summed E-state index contributed by atoms with van der Waals surface area (Å²) in [6.45, 7) is 5.78. The van der Waals surface area contributed by atoms with Crippen molar-refractivity contribution in [2.45, 2.75) is 52.0 Å². The van der Waals surface area contributed by atoms with Crippen LogP contribution in [0.4, 0.5) is 0 Å². The topological polar surface area (TPSA) is 87.5 Å². The number of fused-ring (bicyclic) bond motifs is 1. The van der Waals surface area contributed by atoms with Crippen LogP contribution < -0.4 is 10.1 Å². The summed E-state index contributed by atoms with van der Waals surface area (Å²) in [6.07, 6.45) is 7.02. The Morgan fingerprint density at radius 1 is 1.12 bits per heavy atom. The van der Waals surface area contributed by atoms with Gasteiger partial charge in [-0.1, -0.05) is 5.16 Å². The third-order valence-corrected chi connectivity index (χ3v) is 6.73. The zero-order chi connectivity index (χ0) is 23.9. The molecule has 34 heavy (non-hydrogen) atoms. The molecule has 0 bridgehead atoms. The highest BCUT2D eigenvalue weighted by atomic mass is 16.5. The molecule has 1 aliphatic heterocycles. The number of likely N-dealkylation sites (tertiary alicyclic amines) is 1. The molecule has 1 N–H and O–H groups in total. The Morgan fingerprint density at radius 3 is 2.56 bits per heavy atom. The first-order valence-corrected chi connectivity index (χ1v) is 12.4. The minimum Gasteiger partial charge on any atom is -0.493 e. The standard InChI is InChI=1S/C25H29N3O3.C2H7N/c1-17-24(29-16-19-2-3-19)9-7-22-23(27-31-25(17)22)8-4-18-10-12-28(13-11-18)15-21-6-5-20(14-26)30-21;1-3-2/h5-7,9,18-19H,2-4,8,10-13,15-16H2,1H3;3H,1-2H3. The minimum absolute atomic E-state index is 0.390. The molecule has 182 valence electrons. The first kappa shape index (κ1) is 24.3. The van der Waals surface area contributed by atoms with Crippen LogP contribution in [0.1, 0.15) is 54.9 Å². The number of aromatic nitrogens is 1. The van der Waals surface area contributed by atoms with Gasteiger partial charge < -0.3 is 19.0 Å². The number of furan rings is 1. The maximum Gasteiger partial charge on any atom is 0.203 e. The fraction of sp³-hybridized carbons (Fsp3) is 0.556. The fourth-order valence-electron chi connectivity index (χ4n) is 4.51. The monoisotopic (exact) mass is 464 g/mol. The molecule has 0 unspecified atom stereocenters. The van der Waals surface area contributed by atoms with Crippen molar-refractivity contribution >= 4 is 11.0 Å². The van der Waals surface area contributed by atoms with Gasteiger partial charge in [0.05, 0.1) is 18.8 Å². The summed E-state index contributed by atoms with van der Waals surface area (Å²) < 4.78 is 17.2. The Morgan fingerprint density at radius 2 is 1.88 bits per heavy atom. The van der Waals surface area contributed by atoms with E-state index in [1.54, 1.807) is 6.07 Å². The number of aryl methyl sites for hydroxylation is 2. The molecule has 5 rings (SSSR count). The molecule has 2 aliphatic rings. The third-order valence-electron chi connectivity index (χ3n) is 6.73. The van der Waals surface area contributed by atoms with Gasteiger partial charge in [0.25, 0.3) is 0 Å². The molecular weight excluding hydrogens is 428 g/mol. The molecule has 0 spiro atoms. The van der Waals surface area contributed by atoms with E-state index in [9.17, 15) is 0 Å². The summed E-state index contributed by atoms with van der Waals surface area (Å²) in [4.78, 5) is 2.41. The molecule has 0 amide bonds. The number of piperidine rings is 1. The lowest BCUT2D eigenvalue weighted by molar-refractivity contribution is 0.162. The number of nitriles is 1. The predicted octanol–water partition coefficient (Wildman–Crippen LogP) is 5.07. The Bertz CT molecular complexity index is 1100. The van der Waals surface area contributed by atoms with Gasteiger partial charge in [-0.2, -0.15) is 5.26 Å². The molecular formula is C27H36N4O3. The van der Waals surface area contributed by atoms with Crippen molar-refractivity contribution in [2.24, 2.45) is 11.8 Å². The van der Waals surface area contributed by atoms with Crippen LogP contribution in [-0.2, 0) is 13.0 Å². The third kappa shape index (κ3) is 6.19. The molecule has 1 saturated carbocycles. The second-order valence-electron chi connectivity index (χ2n) is 9.58. The molecule has 7 nitrogen and oxygen atoms in total. The Kier molecular flexibility index (Phi) is 8.25. The van der Waals surface area contributed by atoms with Crippen LogP contribution in [0.15, 0.2) is 33.2 Å². The van der Waals surface area contributed by atoms with E-state index in [1.165, 1.54) is 25.7 Å². The van der Waals surface area contributed by atoms with Crippen LogP contribution in [0.3, 0.4) is 0 Å². The summed E-state index contributed by atoms with van der Waals surface area (Å²) >= 11 is 0. The molecule has 0 radical (unpaired) electrons. The lowest BCUT2D eigenvalue weighted by Gasteiger charge is -2.31. The SMILES string of the molecule is CNC.Cc1c(OCC2CC2)ccc2c(CCC3CCN(Cc4ccc(C#N)o4)CC3)noc12. The number of ether oxygens (including phenoxy) is 1. The van der Waals surface area contributed by atoms with Gasteiger partial charge in [0, 0.05) is 10.9 Å². The highest BCUT2D eigenvalue weighted by Crippen LogP contribution is 2.34. The van der Waals surface area contributed by atoms with Crippen molar-refractivity contribution in [3.63, 3.8) is 0 Å². The van der Waals surface area contributed by atoms with Crippen LogP contribution >= 0.6 is 0 Å². The largest absolute Gasteiger partial charge is 0.493 e. The Hall–Kier alpha value is -2.82. The fourth-order valence-corrected chi connectivity index (χ4v) is 4.51. The van der Waals surface area contributed by atoms with Gasteiger partial charge in [0.2, 0.25) is 5.76 Å². The summed E-state index contributed by atoms with van der Waals surface area (Å²) in [5.41, 5.74) is 2.99. The number of hydrogen-bond donors (Lipinski definition) is 1. The Balaban J connectivity index is 0.000000868. The van der Waals surface area contributed by atoms with E-state index in [0.29, 0.717) is 11.7 Å². The van der Waals surface area contributed by atoms with Crippen LogP contribution in [-0.4, -0.2) is 43.8 Å². The van der Waals surface area contributed by atoms with Gasteiger partial charge in [0.1, 0.15) is 17.6 Å². The first-order valence-electron chi connectivity index (χ1n) is 12.4.